The summed E-state index contributed by atoms with van der Waals surface area (Å²) >= 11 is 0. The monoisotopic (exact) mass is 495 g/mol. The van der Waals surface area contributed by atoms with E-state index in [4.69, 9.17) is 4.42 Å². The lowest BCUT2D eigenvalue weighted by Gasteiger charge is -2.32. The van der Waals surface area contributed by atoms with Gasteiger partial charge in [-0.15, -0.1) is 0 Å². The number of carbonyl (C=O) groups excluding carboxylic acids is 1. The molecule has 7 nitrogen and oxygen atoms in total. The van der Waals surface area contributed by atoms with Gasteiger partial charge in [-0.1, -0.05) is 30.3 Å². The Labute approximate surface area is 207 Å². The van der Waals surface area contributed by atoms with Crippen molar-refractivity contribution in [1.82, 2.24) is 14.5 Å². The van der Waals surface area contributed by atoms with Crippen LogP contribution in [0.1, 0.15) is 36.5 Å². The molecular weight excluding hydrogens is 462 g/mol. The number of sulfonamides is 1. The molecule has 0 bridgehead atoms. The van der Waals surface area contributed by atoms with Crippen LogP contribution in [0.3, 0.4) is 0 Å². The predicted molar refractivity (Wildman–Crippen MR) is 136 cm³/mol. The van der Waals surface area contributed by atoms with Crippen LogP contribution in [-0.2, 0) is 34.2 Å². The molecule has 1 saturated heterocycles. The van der Waals surface area contributed by atoms with Gasteiger partial charge in [0, 0.05) is 38.5 Å². The van der Waals surface area contributed by atoms with Gasteiger partial charge in [0.2, 0.25) is 15.9 Å². The van der Waals surface area contributed by atoms with E-state index in [2.05, 4.69) is 15.7 Å². The number of likely N-dealkylation sites (tertiary alicyclic amines) is 1. The van der Waals surface area contributed by atoms with Crippen LogP contribution in [0, 0.1) is 5.92 Å². The SMILES string of the molecule is CC(=O)N1CCc2c(cccc2S(=O)(=O)NCC2CCN(CCc3coc4ccccc34)CC2)C1. The first-order chi connectivity index (χ1) is 16.9. The molecule has 2 aliphatic rings. The molecule has 5 rings (SSSR count). The van der Waals surface area contributed by atoms with Crippen molar-refractivity contribution in [3.63, 3.8) is 0 Å². The van der Waals surface area contributed by atoms with Crippen molar-refractivity contribution in [1.29, 1.82) is 0 Å². The second-order valence-corrected chi connectivity index (χ2v) is 11.5. The van der Waals surface area contributed by atoms with E-state index in [1.165, 1.54) is 10.9 Å². The number of nitrogens with zero attached hydrogens (tertiary/aromatic N) is 2. The summed E-state index contributed by atoms with van der Waals surface area (Å²) in [6, 6.07) is 13.5. The fourth-order valence-electron chi connectivity index (χ4n) is 5.32. The second kappa shape index (κ2) is 10.1. The summed E-state index contributed by atoms with van der Waals surface area (Å²) < 4.78 is 34.8. The van der Waals surface area contributed by atoms with Gasteiger partial charge in [-0.25, -0.2) is 13.1 Å². The van der Waals surface area contributed by atoms with Crippen molar-refractivity contribution >= 4 is 26.9 Å². The van der Waals surface area contributed by atoms with Gasteiger partial charge in [-0.2, -0.15) is 0 Å². The lowest BCUT2D eigenvalue weighted by molar-refractivity contribution is -0.129. The lowest BCUT2D eigenvalue weighted by atomic mass is 9.97. The molecule has 0 atom stereocenters. The topological polar surface area (TPSA) is 82.9 Å². The smallest absolute Gasteiger partial charge is 0.240 e. The zero-order valence-corrected chi connectivity index (χ0v) is 21.0. The van der Waals surface area contributed by atoms with E-state index in [9.17, 15) is 13.2 Å². The number of furan rings is 1. The normalized spacial score (nSPS) is 17.6. The average molecular weight is 496 g/mol. The number of carbonyl (C=O) groups is 1. The summed E-state index contributed by atoms with van der Waals surface area (Å²) in [6.07, 6.45) is 5.35. The van der Waals surface area contributed by atoms with E-state index in [-0.39, 0.29) is 5.91 Å². The Morgan fingerprint density at radius 3 is 2.69 bits per heavy atom. The van der Waals surface area contributed by atoms with Crippen molar-refractivity contribution in [3.8, 4) is 0 Å². The number of nitrogens with one attached hydrogen (secondary N) is 1. The van der Waals surface area contributed by atoms with Crippen LogP contribution in [0.15, 0.2) is 58.0 Å². The highest BCUT2D eigenvalue weighted by atomic mass is 32.2. The van der Waals surface area contributed by atoms with Crippen LogP contribution in [0.4, 0.5) is 0 Å². The van der Waals surface area contributed by atoms with Gasteiger partial charge in [0.1, 0.15) is 5.58 Å². The summed E-state index contributed by atoms with van der Waals surface area (Å²) in [5.41, 5.74) is 3.95. The van der Waals surface area contributed by atoms with E-state index in [0.717, 1.165) is 55.6 Å². The number of hydrogen-bond acceptors (Lipinski definition) is 5. The van der Waals surface area contributed by atoms with Crippen molar-refractivity contribution in [3.05, 3.63) is 65.4 Å². The van der Waals surface area contributed by atoms with Crippen LogP contribution in [0.2, 0.25) is 0 Å². The van der Waals surface area contributed by atoms with Gasteiger partial charge in [0.15, 0.2) is 0 Å². The highest BCUT2D eigenvalue weighted by Gasteiger charge is 2.27. The molecule has 8 heteroatoms. The molecule has 2 aliphatic heterocycles. The maximum Gasteiger partial charge on any atom is 0.240 e. The molecule has 3 aromatic rings. The summed E-state index contributed by atoms with van der Waals surface area (Å²) in [5, 5.41) is 1.19. The molecule has 1 N–H and O–H groups in total. The third-order valence-electron chi connectivity index (χ3n) is 7.49. The number of piperidine rings is 1. The van der Waals surface area contributed by atoms with Crippen LogP contribution in [-0.4, -0.2) is 56.8 Å². The molecule has 0 radical (unpaired) electrons. The molecule has 0 aliphatic carbocycles. The minimum atomic E-state index is -3.59. The van der Waals surface area contributed by atoms with Gasteiger partial charge < -0.3 is 14.2 Å². The minimum Gasteiger partial charge on any atom is -0.464 e. The summed E-state index contributed by atoms with van der Waals surface area (Å²) in [7, 11) is -3.59. The first-order valence-corrected chi connectivity index (χ1v) is 13.9. The molecule has 1 amide bonds. The molecule has 2 aromatic carbocycles. The van der Waals surface area contributed by atoms with Gasteiger partial charge >= 0.3 is 0 Å². The summed E-state index contributed by atoms with van der Waals surface area (Å²) in [4.78, 5) is 16.3. The molecule has 3 heterocycles. The van der Waals surface area contributed by atoms with E-state index >= 15 is 0 Å². The lowest BCUT2D eigenvalue weighted by Crippen LogP contribution is -2.40. The van der Waals surface area contributed by atoms with E-state index in [0.29, 0.717) is 36.9 Å². The highest BCUT2D eigenvalue weighted by Crippen LogP contribution is 2.27. The Hall–Kier alpha value is -2.68. The fraction of sp³-hybridized carbons (Fsp3) is 0.444. The molecule has 1 aromatic heterocycles. The highest BCUT2D eigenvalue weighted by molar-refractivity contribution is 7.89. The molecule has 0 spiro atoms. The fourth-order valence-corrected chi connectivity index (χ4v) is 6.75. The second-order valence-electron chi connectivity index (χ2n) is 9.73. The Morgan fingerprint density at radius 2 is 1.89 bits per heavy atom. The number of para-hydroxylation sites is 1. The first kappa shape index (κ1) is 24.0. The Morgan fingerprint density at radius 1 is 1.09 bits per heavy atom. The first-order valence-electron chi connectivity index (χ1n) is 12.4. The van der Waals surface area contributed by atoms with Crippen LogP contribution < -0.4 is 4.72 Å². The van der Waals surface area contributed by atoms with E-state index in [1.54, 1.807) is 24.0 Å². The number of benzene rings is 2. The van der Waals surface area contributed by atoms with Crippen molar-refractivity contribution in [2.75, 3.05) is 32.7 Å². The van der Waals surface area contributed by atoms with Crippen LogP contribution in [0.5, 0.6) is 0 Å². The number of fused-ring (bicyclic) bond motifs is 2. The molecular formula is C27H33N3O4S. The molecule has 1 fully saturated rings. The summed E-state index contributed by atoms with van der Waals surface area (Å²) in [5.74, 6) is 0.356. The van der Waals surface area contributed by atoms with Crippen molar-refractivity contribution in [2.45, 2.75) is 44.0 Å². The third kappa shape index (κ3) is 5.29. The number of rotatable bonds is 7. The van der Waals surface area contributed by atoms with Gasteiger partial charge in [-0.3, -0.25) is 4.79 Å². The van der Waals surface area contributed by atoms with Crippen LogP contribution in [0.25, 0.3) is 11.0 Å². The summed E-state index contributed by atoms with van der Waals surface area (Å²) in [6.45, 7) is 5.98. The van der Waals surface area contributed by atoms with Gasteiger partial charge in [0.25, 0.3) is 0 Å². The zero-order chi connectivity index (χ0) is 24.4. The predicted octanol–water partition coefficient (Wildman–Crippen LogP) is 3.57. The van der Waals surface area contributed by atoms with E-state index in [1.807, 2.05) is 30.5 Å². The molecule has 35 heavy (non-hydrogen) atoms. The van der Waals surface area contributed by atoms with Crippen molar-refractivity contribution < 1.29 is 17.6 Å². The minimum absolute atomic E-state index is 0.0199. The maximum atomic E-state index is 13.2. The van der Waals surface area contributed by atoms with Gasteiger partial charge in [-0.05, 0) is 73.5 Å². The largest absolute Gasteiger partial charge is 0.464 e. The Balaban J connectivity index is 1.13. The standard InChI is InChI=1S/C27H33N3O4S/c1-20(31)30-16-12-25-22(18-30)5-4-8-27(25)35(32,33)28-17-21-9-13-29(14-10-21)15-11-23-19-34-26-7-3-2-6-24(23)26/h2-8,19,21,28H,9-18H2,1H3. The Kier molecular flexibility index (Phi) is 6.95. The molecule has 0 saturated carbocycles. The number of hydrogen-bond donors (Lipinski definition) is 1. The quantitative estimate of drug-likeness (QED) is 0.542. The Bertz CT molecular complexity index is 1310. The molecule has 0 unspecified atom stereocenters. The van der Waals surface area contributed by atoms with E-state index < -0.39 is 10.0 Å². The van der Waals surface area contributed by atoms with Gasteiger partial charge in [0.05, 0.1) is 11.2 Å². The van der Waals surface area contributed by atoms with Crippen LogP contribution >= 0.6 is 0 Å². The maximum absolute atomic E-state index is 13.2. The molecule has 186 valence electrons. The van der Waals surface area contributed by atoms with Crippen molar-refractivity contribution in [2.24, 2.45) is 5.92 Å². The number of amides is 1. The zero-order valence-electron chi connectivity index (χ0n) is 20.2. The third-order valence-corrected chi connectivity index (χ3v) is 8.99. The average Bonchev–Trinajstić information content (AvgIpc) is 3.29.